The maximum atomic E-state index is 11.2. The van der Waals surface area contributed by atoms with Crippen molar-refractivity contribution < 1.29 is 24.5 Å². The lowest BCUT2D eigenvalue weighted by atomic mass is 9.89. The van der Waals surface area contributed by atoms with Crippen LogP contribution in [0.3, 0.4) is 0 Å². The predicted molar refractivity (Wildman–Crippen MR) is 92.0 cm³/mol. The second-order valence-electron chi connectivity index (χ2n) is 6.01. The Morgan fingerprint density at radius 1 is 1.38 bits per heavy atom. The lowest BCUT2D eigenvalue weighted by Crippen LogP contribution is -2.50. The Morgan fingerprint density at radius 2 is 2.04 bits per heavy atom. The van der Waals surface area contributed by atoms with Crippen molar-refractivity contribution in [3.05, 3.63) is 35.5 Å². The molecule has 1 aliphatic carbocycles. The van der Waals surface area contributed by atoms with E-state index in [4.69, 9.17) is 9.47 Å². The van der Waals surface area contributed by atoms with E-state index in [1.165, 1.54) is 25.7 Å². The highest BCUT2D eigenvalue weighted by Crippen LogP contribution is 2.24. The van der Waals surface area contributed by atoms with E-state index < -0.39 is 30.4 Å². The maximum Gasteiger partial charge on any atom is 0.303 e. The van der Waals surface area contributed by atoms with Gasteiger partial charge in [0.25, 0.3) is 0 Å². The summed E-state index contributed by atoms with van der Waals surface area (Å²) in [5, 5.41) is 20.3. The second kappa shape index (κ2) is 9.43. The third kappa shape index (κ3) is 5.97. The number of methoxy groups -OCH3 is 1. The van der Waals surface area contributed by atoms with Crippen molar-refractivity contribution in [3.8, 4) is 11.8 Å². The van der Waals surface area contributed by atoms with Crippen molar-refractivity contribution in [2.24, 2.45) is 0 Å². The molecular formula is C19H26O5. The van der Waals surface area contributed by atoms with Crippen molar-refractivity contribution in [1.29, 1.82) is 0 Å². The first-order valence-electron chi connectivity index (χ1n) is 7.87. The molecule has 0 bridgehead atoms. The van der Waals surface area contributed by atoms with Crippen LogP contribution < -0.4 is 0 Å². The third-order valence-corrected chi connectivity index (χ3v) is 3.60. The fourth-order valence-corrected chi connectivity index (χ4v) is 2.37. The van der Waals surface area contributed by atoms with Crippen molar-refractivity contribution in [1.82, 2.24) is 0 Å². The number of carbonyl (C=O) groups excluding carboxylic acids is 1. The topological polar surface area (TPSA) is 76.0 Å². The second-order valence-corrected chi connectivity index (χ2v) is 6.01. The van der Waals surface area contributed by atoms with E-state index in [2.05, 4.69) is 24.5 Å². The zero-order valence-electron chi connectivity index (χ0n) is 14.7. The summed E-state index contributed by atoms with van der Waals surface area (Å²) in [7, 11) is 1.38. The smallest absolute Gasteiger partial charge is 0.303 e. The Balaban J connectivity index is 2.90. The van der Waals surface area contributed by atoms with Gasteiger partial charge in [-0.1, -0.05) is 30.1 Å². The number of allylic oxidation sites excluding steroid dienone is 3. The Kier molecular flexibility index (Phi) is 7.93. The number of aliphatic hydroxyl groups is 2. The average molecular weight is 334 g/mol. The predicted octanol–water partition coefficient (Wildman–Crippen LogP) is 1.90. The molecule has 0 aromatic carbocycles. The Labute approximate surface area is 143 Å². The van der Waals surface area contributed by atoms with Crippen molar-refractivity contribution in [2.45, 2.75) is 58.0 Å². The monoisotopic (exact) mass is 334 g/mol. The molecule has 0 aliphatic heterocycles. The normalized spacial score (nSPS) is 25.8. The maximum absolute atomic E-state index is 11.2. The summed E-state index contributed by atoms with van der Waals surface area (Å²) in [6.07, 6.45) is 1.13. The van der Waals surface area contributed by atoms with Gasteiger partial charge in [0.15, 0.2) is 0 Å². The molecule has 0 fully saturated rings. The first-order valence-corrected chi connectivity index (χ1v) is 7.87. The molecule has 0 saturated carbocycles. The number of carbonyl (C=O) groups is 1. The summed E-state index contributed by atoms with van der Waals surface area (Å²) < 4.78 is 10.3. The van der Waals surface area contributed by atoms with E-state index in [1.54, 1.807) is 0 Å². The molecular weight excluding hydrogens is 308 g/mol. The van der Waals surface area contributed by atoms with Gasteiger partial charge in [0, 0.05) is 19.6 Å². The minimum atomic E-state index is -1.23. The van der Waals surface area contributed by atoms with Gasteiger partial charge < -0.3 is 19.7 Å². The fourth-order valence-electron chi connectivity index (χ4n) is 2.37. The van der Waals surface area contributed by atoms with Crippen molar-refractivity contribution in [2.75, 3.05) is 7.11 Å². The lowest BCUT2D eigenvalue weighted by Gasteiger charge is -2.34. The van der Waals surface area contributed by atoms with E-state index in [9.17, 15) is 15.0 Å². The van der Waals surface area contributed by atoms with Gasteiger partial charge in [-0.05, 0) is 38.3 Å². The van der Waals surface area contributed by atoms with Crippen LogP contribution in [0.1, 0.15) is 33.6 Å². The highest BCUT2D eigenvalue weighted by molar-refractivity contribution is 5.66. The molecule has 0 aromatic heterocycles. The van der Waals surface area contributed by atoms with Gasteiger partial charge in [-0.3, -0.25) is 4.79 Å². The molecule has 0 aromatic rings. The Morgan fingerprint density at radius 3 is 2.58 bits per heavy atom. The minimum Gasteiger partial charge on any atom is -0.455 e. The fraction of sp³-hybridized carbons (Fsp3) is 0.526. The molecule has 0 unspecified atom stereocenters. The quantitative estimate of drug-likeness (QED) is 0.456. The highest BCUT2D eigenvalue weighted by atomic mass is 16.6. The third-order valence-electron chi connectivity index (χ3n) is 3.60. The van der Waals surface area contributed by atoms with Crippen LogP contribution in [0.15, 0.2) is 35.5 Å². The van der Waals surface area contributed by atoms with E-state index in [-0.39, 0.29) is 0 Å². The number of aliphatic hydroxyl groups excluding tert-OH is 2. The van der Waals surface area contributed by atoms with Crippen molar-refractivity contribution >= 4 is 5.97 Å². The van der Waals surface area contributed by atoms with Crippen LogP contribution in [0.2, 0.25) is 0 Å². The number of hydrogen-bond donors (Lipinski definition) is 2. The van der Waals surface area contributed by atoms with Gasteiger partial charge >= 0.3 is 5.97 Å². The standard InChI is InChI=1S/C19H26O5/c1-12(2)7-6-8-13(3)9-10-15-11-16(24-14(4)20)19(23-5)18(22)17(15)21/h7,11,16-19,21-22H,3,6,8H2,1-2,4-5H3/t16-,17-,18-,19-/m0/s1. The number of rotatable bonds is 5. The summed E-state index contributed by atoms with van der Waals surface area (Å²) in [6, 6.07) is 0. The number of hydrogen-bond acceptors (Lipinski definition) is 5. The molecule has 132 valence electrons. The largest absolute Gasteiger partial charge is 0.455 e. The Bertz CT molecular complexity index is 587. The zero-order valence-corrected chi connectivity index (χ0v) is 14.7. The van der Waals surface area contributed by atoms with Gasteiger partial charge in [0.05, 0.1) is 0 Å². The first kappa shape index (κ1) is 20.2. The van der Waals surface area contributed by atoms with Crippen LogP contribution >= 0.6 is 0 Å². The van der Waals surface area contributed by atoms with E-state index in [0.717, 1.165) is 18.4 Å². The molecule has 2 N–H and O–H groups in total. The molecule has 5 nitrogen and oxygen atoms in total. The average Bonchev–Trinajstić information content (AvgIpc) is 2.48. The molecule has 0 saturated heterocycles. The number of esters is 1. The van der Waals surface area contributed by atoms with Gasteiger partial charge in [-0.15, -0.1) is 0 Å². The summed E-state index contributed by atoms with van der Waals surface area (Å²) >= 11 is 0. The van der Waals surface area contributed by atoms with Gasteiger partial charge in [0.2, 0.25) is 0 Å². The van der Waals surface area contributed by atoms with Crippen molar-refractivity contribution in [3.63, 3.8) is 0 Å². The summed E-state index contributed by atoms with van der Waals surface area (Å²) in [5.41, 5.74) is 2.26. The molecule has 0 amide bonds. The molecule has 4 atom stereocenters. The van der Waals surface area contributed by atoms with E-state index in [0.29, 0.717) is 5.57 Å². The SMILES string of the molecule is C=C(C#CC1=C[C@H](OC(C)=O)[C@H](OC)[C@@H](O)[C@H]1O)CCC=C(C)C. The highest BCUT2D eigenvalue weighted by Gasteiger charge is 2.40. The summed E-state index contributed by atoms with van der Waals surface area (Å²) in [5.74, 6) is 5.21. The Hall–Kier alpha value is -1.87. The van der Waals surface area contributed by atoms with Gasteiger partial charge in [0.1, 0.15) is 24.4 Å². The molecule has 1 aliphatic rings. The van der Waals surface area contributed by atoms with Crippen LogP contribution in [-0.4, -0.2) is 47.7 Å². The van der Waals surface area contributed by atoms with E-state index >= 15 is 0 Å². The summed E-state index contributed by atoms with van der Waals surface area (Å²) in [6.45, 7) is 9.22. The molecule has 0 radical (unpaired) electrons. The zero-order chi connectivity index (χ0) is 18.3. The van der Waals surface area contributed by atoms with Gasteiger partial charge in [-0.25, -0.2) is 0 Å². The minimum absolute atomic E-state index is 0.297. The molecule has 0 heterocycles. The molecule has 24 heavy (non-hydrogen) atoms. The number of ether oxygens (including phenoxy) is 2. The molecule has 5 heteroatoms. The van der Waals surface area contributed by atoms with Gasteiger partial charge in [-0.2, -0.15) is 0 Å². The van der Waals surface area contributed by atoms with Crippen LogP contribution in [-0.2, 0) is 14.3 Å². The molecule has 1 rings (SSSR count). The molecule has 0 spiro atoms. The van der Waals surface area contributed by atoms with E-state index in [1.807, 2.05) is 13.8 Å². The van der Waals surface area contributed by atoms with Crippen LogP contribution in [0.4, 0.5) is 0 Å². The first-order chi connectivity index (χ1) is 11.3. The van der Waals surface area contributed by atoms with Crippen LogP contribution in [0, 0.1) is 11.8 Å². The van der Waals surface area contributed by atoms with Crippen LogP contribution in [0.25, 0.3) is 0 Å². The lowest BCUT2D eigenvalue weighted by molar-refractivity contribution is -0.161. The van der Waals surface area contributed by atoms with Crippen LogP contribution in [0.5, 0.6) is 0 Å². The summed E-state index contributed by atoms with van der Waals surface area (Å²) in [4.78, 5) is 11.2.